The standard InChI is InChI=1S/C13H7Br3O3/c14-8-5-9(15)12(17)11(16)10(8)6-3-1-2-4-7(6)13(18)19/h1-5,17H,(H,18,19). The molecule has 6 heteroatoms. The molecule has 0 bridgehead atoms. The average molecular weight is 451 g/mol. The van der Waals surface area contributed by atoms with Gasteiger partial charge in [0, 0.05) is 10.0 Å². The van der Waals surface area contributed by atoms with Gasteiger partial charge >= 0.3 is 5.97 Å². The lowest BCUT2D eigenvalue weighted by atomic mass is 9.99. The molecule has 2 N–H and O–H groups in total. The van der Waals surface area contributed by atoms with Crippen molar-refractivity contribution in [1.82, 2.24) is 0 Å². The van der Waals surface area contributed by atoms with Gasteiger partial charge in [0.15, 0.2) is 0 Å². The molecule has 2 aromatic rings. The van der Waals surface area contributed by atoms with E-state index in [9.17, 15) is 15.0 Å². The molecule has 0 radical (unpaired) electrons. The van der Waals surface area contributed by atoms with Gasteiger partial charge in [0.2, 0.25) is 0 Å². The van der Waals surface area contributed by atoms with E-state index in [1.165, 1.54) is 6.07 Å². The summed E-state index contributed by atoms with van der Waals surface area (Å²) in [4.78, 5) is 11.3. The predicted octanol–water partition coefficient (Wildman–Crippen LogP) is 5.04. The van der Waals surface area contributed by atoms with E-state index in [2.05, 4.69) is 47.8 Å². The molecule has 0 aliphatic rings. The van der Waals surface area contributed by atoms with Crippen molar-refractivity contribution < 1.29 is 15.0 Å². The van der Waals surface area contributed by atoms with Crippen LogP contribution in [-0.2, 0) is 0 Å². The number of carbonyl (C=O) groups is 1. The fraction of sp³-hybridized carbons (Fsp3) is 0. The summed E-state index contributed by atoms with van der Waals surface area (Å²) < 4.78 is 1.63. The first-order chi connectivity index (χ1) is 8.93. The molecular formula is C13H7Br3O3. The molecule has 0 amide bonds. The van der Waals surface area contributed by atoms with Gasteiger partial charge in [-0.3, -0.25) is 0 Å². The third-order valence-corrected chi connectivity index (χ3v) is 4.57. The van der Waals surface area contributed by atoms with E-state index in [1.54, 1.807) is 24.3 Å². The average Bonchev–Trinajstić information content (AvgIpc) is 2.36. The minimum atomic E-state index is -1.02. The molecule has 3 nitrogen and oxygen atoms in total. The van der Waals surface area contributed by atoms with Crippen molar-refractivity contribution in [2.24, 2.45) is 0 Å². The molecule has 2 rings (SSSR count). The number of aromatic hydroxyl groups is 1. The second-order valence-electron chi connectivity index (χ2n) is 3.73. The van der Waals surface area contributed by atoms with Gasteiger partial charge in [-0.25, -0.2) is 4.79 Å². The summed E-state index contributed by atoms with van der Waals surface area (Å²) in [7, 11) is 0. The number of phenolic OH excluding ortho intramolecular Hbond substituents is 1. The van der Waals surface area contributed by atoms with Gasteiger partial charge in [-0.05, 0) is 49.6 Å². The number of hydrogen-bond donors (Lipinski definition) is 2. The Morgan fingerprint density at radius 3 is 2.32 bits per heavy atom. The predicted molar refractivity (Wildman–Crippen MR) is 83.6 cm³/mol. The lowest BCUT2D eigenvalue weighted by Crippen LogP contribution is -2.00. The molecule has 0 aromatic heterocycles. The Bertz CT molecular complexity index is 668. The molecular weight excluding hydrogens is 444 g/mol. The Morgan fingerprint density at radius 1 is 1.05 bits per heavy atom. The largest absolute Gasteiger partial charge is 0.506 e. The first kappa shape index (κ1) is 14.6. The van der Waals surface area contributed by atoms with Crippen LogP contribution in [0, 0.1) is 0 Å². The third kappa shape index (κ3) is 2.70. The topological polar surface area (TPSA) is 57.5 Å². The highest BCUT2D eigenvalue weighted by Crippen LogP contribution is 2.45. The van der Waals surface area contributed by atoms with E-state index in [-0.39, 0.29) is 11.3 Å². The van der Waals surface area contributed by atoms with Gasteiger partial charge in [0.1, 0.15) is 5.75 Å². The number of halogens is 3. The lowest BCUT2D eigenvalue weighted by molar-refractivity contribution is 0.0697. The smallest absolute Gasteiger partial charge is 0.336 e. The number of phenols is 1. The van der Waals surface area contributed by atoms with Gasteiger partial charge in [0.05, 0.1) is 14.5 Å². The van der Waals surface area contributed by atoms with Gasteiger partial charge < -0.3 is 10.2 Å². The highest BCUT2D eigenvalue weighted by atomic mass is 79.9. The zero-order valence-corrected chi connectivity index (χ0v) is 14.1. The summed E-state index contributed by atoms with van der Waals surface area (Å²) in [6.45, 7) is 0. The number of hydrogen-bond acceptors (Lipinski definition) is 2. The number of benzene rings is 2. The molecule has 2 aromatic carbocycles. The first-order valence-electron chi connectivity index (χ1n) is 5.12. The molecule has 0 aliphatic heterocycles. The van der Waals surface area contributed by atoms with Crippen LogP contribution in [0.3, 0.4) is 0 Å². The van der Waals surface area contributed by atoms with Crippen LogP contribution in [0.1, 0.15) is 10.4 Å². The Labute approximate surface area is 134 Å². The van der Waals surface area contributed by atoms with Crippen LogP contribution < -0.4 is 0 Å². The molecule has 0 saturated heterocycles. The van der Waals surface area contributed by atoms with E-state index in [4.69, 9.17) is 0 Å². The van der Waals surface area contributed by atoms with E-state index in [1.807, 2.05) is 0 Å². The van der Waals surface area contributed by atoms with E-state index < -0.39 is 5.97 Å². The Hall–Kier alpha value is -0.850. The highest BCUT2D eigenvalue weighted by Gasteiger charge is 2.19. The summed E-state index contributed by atoms with van der Waals surface area (Å²) in [5.74, 6) is -0.991. The minimum absolute atomic E-state index is 0.0263. The molecule has 0 heterocycles. The SMILES string of the molecule is O=C(O)c1ccccc1-c1c(Br)cc(Br)c(O)c1Br. The zero-order chi connectivity index (χ0) is 14.2. The number of carboxylic acid groups (broad SMARTS) is 1. The molecule has 0 atom stereocenters. The van der Waals surface area contributed by atoms with Crippen molar-refractivity contribution in [2.45, 2.75) is 0 Å². The van der Waals surface area contributed by atoms with Gasteiger partial charge in [0.25, 0.3) is 0 Å². The normalized spacial score (nSPS) is 10.5. The fourth-order valence-electron chi connectivity index (χ4n) is 1.71. The molecule has 0 saturated carbocycles. The van der Waals surface area contributed by atoms with Crippen molar-refractivity contribution in [3.05, 3.63) is 49.3 Å². The van der Waals surface area contributed by atoms with E-state index in [0.717, 1.165) is 0 Å². The molecule has 98 valence electrons. The molecule has 19 heavy (non-hydrogen) atoms. The molecule has 0 fully saturated rings. The Morgan fingerprint density at radius 2 is 1.68 bits per heavy atom. The second kappa shape index (κ2) is 5.64. The monoisotopic (exact) mass is 448 g/mol. The van der Waals surface area contributed by atoms with Crippen molar-refractivity contribution in [3.63, 3.8) is 0 Å². The Kier molecular flexibility index (Phi) is 4.32. The molecule has 0 unspecified atom stereocenters. The van der Waals surface area contributed by atoms with Crippen LogP contribution in [0.4, 0.5) is 0 Å². The van der Waals surface area contributed by atoms with Crippen LogP contribution in [0.25, 0.3) is 11.1 Å². The van der Waals surface area contributed by atoms with Crippen molar-refractivity contribution in [2.75, 3.05) is 0 Å². The van der Waals surface area contributed by atoms with Crippen LogP contribution in [-0.4, -0.2) is 16.2 Å². The van der Waals surface area contributed by atoms with Crippen LogP contribution in [0.15, 0.2) is 43.7 Å². The van der Waals surface area contributed by atoms with Gasteiger partial charge in [-0.2, -0.15) is 0 Å². The maximum Gasteiger partial charge on any atom is 0.336 e. The third-order valence-electron chi connectivity index (χ3n) is 2.57. The summed E-state index contributed by atoms with van der Waals surface area (Å²) >= 11 is 9.91. The lowest BCUT2D eigenvalue weighted by Gasteiger charge is -2.13. The quantitative estimate of drug-likeness (QED) is 0.673. The summed E-state index contributed by atoms with van der Waals surface area (Å²) in [6.07, 6.45) is 0. The minimum Gasteiger partial charge on any atom is -0.506 e. The summed E-state index contributed by atoms with van der Waals surface area (Å²) in [5, 5.41) is 19.2. The van der Waals surface area contributed by atoms with E-state index >= 15 is 0 Å². The maximum absolute atomic E-state index is 11.3. The molecule has 0 spiro atoms. The summed E-state index contributed by atoms with van der Waals surface area (Å²) in [5.41, 5.74) is 1.29. The van der Waals surface area contributed by atoms with Crippen LogP contribution in [0.2, 0.25) is 0 Å². The number of rotatable bonds is 2. The van der Waals surface area contributed by atoms with Gasteiger partial charge in [-0.1, -0.05) is 34.1 Å². The second-order valence-corrected chi connectivity index (χ2v) is 6.23. The fourth-order valence-corrected chi connectivity index (χ4v) is 4.26. The molecule has 0 aliphatic carbocycles. The van der Waals surface area contributed by atoms with Crippen LogP contribution >= 0.6 is 47.8 Å². The number of aromatic carboxylic acids is 1. The van der Waals surface area contributed by atoms with E-state index in [0.29, 0.717) is 24.5 Å². The summed E-state index contributed by atoms with van der Waals surface area (Å²) in [6, 6.07) is 8.30. The van der Waals surface area contributed by atoms with Crippen molar-refractivity contribution in [3.8, 4) is 16.9 Å². The van der Waals surface area contributed by atoms with Crippen molar-refractivity contribution in [1.29, 1.82) is 0 Å². The van der Waals surface area contributed by atoms with Gasteiger partial charge in [-0.15, -0.1) is 0 Å². The number of carboxylic acids is 1. The first-order valence-corrected chi connectivity index (χ1v) is 7.50. The Balaban J connectivity index is 2.80. The maximum atomic E-state index is 11.3. The highest BCUT2D eigenvalue weighted by molar-refractivity contribution is 9.11. The zero-order valence-electron chi connectivity index (χ0n) is 9.32. The van der Waals surface area contributed by atoms with Crippen LogP contribution in [0.5, 0.6) is 5.75 Å². The van der Waals surface area contributed by atoms with Crippen molar-refractivity contribution >= 4 is 53.8 Å².